The second-order valence-electron chi connectivity index (χ2n) is 5.33. The summed E-state index contributed by atoms with van der Waals surface area (Å²) in [6.45, 7) is 0.658. The Kier molecular flexibility index (Phi) is 5.16. The van der Waals surface area contributed by atoms with E-state index >= 15 is 0 Å². The quantitative estimate of drug-likeness (QED) is 0.629. The van der Waals surface area contributed by atoms with Crippen molar-refractivity contribution >= 4 is 11.8 Å². The van der Waals surface area contributed by atoms with Gasteiger partial charge in [0.1, 0.15) is 11.8 Å². The molecule has 114 valence electrons. The van der Waals surface area contributed by atoms with Crippen LogP contribution in [0.5, 0.6) is 5.75 Å². The summed E-state index contributed by atoms with van der Waals surface area (Å²) >= 11 is 0. The van der Waals surface area contributed by atoms with Crippen LogP contribution >= 0.6 is 0 Å². The first-order valence-electron chi connectivity index (χ1n) is 7.18. The van der Waals surface area contributed by atoms with Gasteiger partial charge in [0.25, 0.3) is 0 Å². The van der Waals surface area contributed by atoms with E-state index in [9.17, 15) is 14.7 Å². The van der Waals surface area contributed by atoms with Crippen LogP contribution in [-0.4, -0.2) is 35.5 Å². The zero-order valence-electron chi connectivity index (χ0n) is 11.8. The van der Waals surface area contributed by atoms with Crippen molar-refractivity contribution in [2.24, 2.45) is 5.73 Å². The lowest BCUT2D eigenvalue weighted by Gasteiger charge is -2.18. The van der Waals surface area contributed by atoms with Crippen LogP contribution in [0.15, 0.2) is 24.3 Å². The van der Waals surface area contributed by atoms with Crippen LogP contribution in [0.4, 0.5) is 0 Å². The maximum Gasteiger partial charge on any atom is 0.242 e. The second-order valence-corrected chi connectivity index (χ2v) is 5.33. The third-order valence-electron chi connectivity index (χ3n) is 3.58. The topological polar surface area (TPSA) is 104 Å². The highest BCUT2D eigenvalue weighted by Crippen LogP contribution is 2.11. The van der Waals surface area contributed by atoms with E-state index in [0.29, 0.717) is 19.4 Å². The fourth-order valence-corrected chi connectivity index (χ4v) is 2.33. The van der Waals surface area contributed by atoms with E-state index in [2.05, 4.69) is 10.6 Å². The van der Waals surface area contributed by atoms with Crippen molar-refractivity contribution in [1.29, 1.82) is 0 Å². The first-order valence-corrected chi connectivity index (χ1v) is 7.18. The van der Waals surface area contributed by atoms with Gasteiger partial charge in [-0.2, -0.15) is 0 Å². The SMILES string of the molecule is NC(Cc1ccc(O)cc1)C(=O)NC1CCCCNC1=O. The van der Waals surface area contributed by atoms with Gasteiger partial charge in [-0.15, -0.1) is 0 Å². The Balaban J connectivity index is 1.89. The fourth-order valence-electron chi connectivity index (χ4n) is 2.33. The average Bonchev–Trinajstić information content (AvgIpc) is 2.66. The number of phenols is 1. The number of amides is 2. The van der Waals surface area contributed by atoms with Crippen LogP contribution in [0.2, 0.25) is 0 Å². The van der Waals surface area contributed by atoms with E-state index in [4.69, 9.17) is 5.73 Å². The van der Waals surface area contributed by atoms with Crippen molar-refractivity contribution in [3.63, 3.8) is 0 Å². The molecule has 0 radical (unpaired) electrons. The Labute approximate surface area is 123 Å². The van der Waals surface area contributed by atoms with Crippen molar-refractivity contribution in [3.05, 3.63) is 29.8 Å². The third-order valence-corrected chi connectivity index (χ3v) is 3.58. The molecule has 21 heavy (non-hydrogen) atoms. The second kappa shape index (κ2) is 7.08. The zero-order valence-corrected chi connectivity index (χ0v) is 11.8. The number of benzene rings is 1. The van der Waals surface area contributed by atoms with E-state index in [0.717, 1.165) is 18.4 Å². The average molecular weight is 291 g/mol. The van der Waals surface area contributed by atoms with Crippen LogP contribution < -0.4 is 16.4 Å². The predicted molar refractivity (Wildman–Crippen MR) is 78.6 cm³/mol. The molecule has 2 atom stereocenters. The number of nitrogens with one attached hydrogen (secondary N) is 2. The molecule has 1 fully saturated rings. The normalized spacial score (nSPS) is 20.2. The van der Waals surface area contributed by atoms with Crippen molar-refractivity contribution in [2.75, 3.05) is 6.54 Å². The molecule has 0 aromatic heterocycles. The van der Waals surface area contributed by atoms with Crippen LogP contribution in [-0.2, 0) is 16.0 Å². The molecule has 0 aliphatic carbocycles. The molecule has 0 spiro atoms. The number of aromatic hydroxyl groups is 1. The zero-order chi connectivity index (χ0) is 15.2. The summed E-state index contributed by atoms with van der Waals surface area (Å²) < 4.78 is 0. The smallest absolute Gasteiger partial charge is 0.242 e. The van der Waals surface area contributed by atoms with Crippen LogP contribution in [0.3, 0.4) is 0 Å². The Hall–Kier alpha value is -2.08. The van der Waals surface area contributed by atoms with Gasteiger partial charge in [-0.3, -0.25) is 9.59 Å². The van der Waals surface area contributed by atoms with Gasteiger partial charge >= 0.3 is 0 Å². The van der Waals surface area contributed by atoms with Gasteiger partial charge in [0.05, 0.1) is 6.04 Å². The highest BCUT2D eigenvalue weighted by Gasteiger charge is 2.24. The molecule has 2 rings (SSSR count). The molecular weight excluding hydrogens is 270 g/mol. The monoisotopic (exact) mass is 291 g/mol. The Morgan fingerprint density at radius 2 is 2.10 bits per heavy atom. The van der Waals surface area contributed by atoms with E-state index in [1.165, 1.54) is 0 Å². The molecule has 1 aliphatic heterocycles. The number of carbonyl (C=O) groups is 2. The molecule has 2 unspecified atom stereocenters. The van der Waals surface area contributed by atoms with E-state index in [-0.39, 0.29) is 17.6 Å². The molecular formula is C15H21N3O3. The standard InChI is InChI=1S/C15H21N3O3/c16-12(9-10-4-6-11(19)7-5-10)14(20)18-13-3-1-2-8-17-15(13)21/h4-7,12-13,19H,1-3,8-9,16H2,(H,17,21)(H,18,20). The van der Waals surface area contributed by atoms with Crippen LogP contribution in [0.1, 0.15) is 24.8 Å². The van der Waals surface area contributed by atoms with Crippen molar-refractivity contribution in [1.82, 2.24) is 10.6 Å². The highest BCUT2D eigenvalue weighted by molar-refractivity contribution is 5.89. The Bertz CT molecular complexity index is 501. The Morgan fingerprint density at radius 1 is 1.38 bits per heavy atom. The minimum absolute atomic E-state index is 0.141. The minimum atomic E-state index is -0.717. The molecule has 1 heterocycles. The maximum atomic E-state index is 12.1. The summed E-state index contributed by atoms with van der Waals surface area (Å²) in [5, 5.41) is 14.7. The summed E-state index contributed by atoms with van der Waals surface area (Å²) in [7, 11) is 0. The summed E-state index contributed by atoms with van der Waals surface area (Å²) in [6, 6.07) is 5.34. The van der Waals surface area contributed by atoms with Crippen LogP contribution in [0, 0.1) is 0 Å². The first-order chi connectivity index (χ1) is 10.1. The van der Waals surface area contributed by atoms with Crippen molar-refractivity contribution in [3.8, 4) is 5.75 Å². The summed E-state index contributed by atoms with van der Waals surface area (Å²) in [6.07, 6.45) is 2.83. The molecule has 1 saturated heterocycles. The fraction of sp³-hybridized carbons (Fsp3) is 0.467. The van der Waals surface area contributed by atoms with Gasteiger partial charge in [-0.1, -0.05) is 12.1 Å². The maximum absolute atomic E-state index is 12.1. The lowest BCUT2D eigenvalue weighted by atomic mass is 10.0. The molecule has 1 aliphatic rings. The molecule has 0 bridgehead atoms. The molecule has 5 N–H and O–H groups in total. The number of nitrogens with two attached hydrogens (primary N) is 1. The van der Waals surface area contributed by atoms with Gasteiger partial charge in [0, 0.05) is 6.54 Å². The molecule has 0 saturated carbocycles. The number of carbonyl (C=O) groups excluding carboxylic acids is 2. The molecule has 1 aromatic rings. The summed E-state index contributed by atoms with van der Waals surface area (Å²) in [4.78, 5) is 23.8. The lowest BCUT2D eigenvalue weighted by Crippen LogP contribution is -2.51. The highest BCUT2D eigenvalue weighted by atomic mass is 16.3. The number of hydrogen-bond donors (Lipinski definition) is 4. The molecule has 1 aromatic carbocycles. The summed E-state index contributed by atoms with van der Waals surface area (Å²) in [5.41, 5.74) is 6.74. The summed E-state index contributed by atoms with van der Waals surface area (Å²) in [5.74, 6) is -0.297. The van der Waals surface area contributed by atoms with E-state index < -0.39 is 12.1 Å². The van der Waals surface area contributed by atoms with E-state index in [1.807, 2.05) is 0 Å². The molecule has 6 nitrogen and oxygen atoms in total. The number of rotatable bonds is 4. The van der Waals surface area contributed by atoms with Crippen molar-refractivity contribution in [2.45, 2.75) is 37.8 Å². The van der Waals surface area contributed by atoms with Crippen LogP contribution in [0.25, 0.3) is 0 Å². The Morgan fingerprint density at radius 3 is 2.81 bits per heavy atom. The van der Waals surface area contributed by atoms with Gasteiger partial charge in [-0.25, -0.2) is 0 Å². The number of phenolic OH excluding ortho intramolecular Hbond substituents is 1. The van der Waals surface area contributed by atoms with Gasteiger partial charge in [0.15, 0.2) is 0 Å². The van der Waals surface area contributed by atoms with E-state index in [1.54, 1.807) is 24.3 Å². The predicted octanol–water partition coefficient (Wildman–Crippen LogP) is 0.0469. The van der Waals surface area contributed by atoms with Crippen molar-refractivity contribution < 1.29 is 14.7 Å². The third kappa shape index (κ3) is 4.46. The van der Waals surface area contributed by atoms with Gasteiger partial charge < -0.3 is 21.5 Å². The molecule has 2 amide bonds. The first kappa shape index (κ1) is 15.3. The molecule has 6 heteroatoms. The lowest BCUT2D eigenvalue weighted by molar-refractivity contribution is -0.129. The van der Waals surface area contributed by atoms with Gasteiger partial charge in [-0.05, 0) is 43.4 Å². The largest absolute Gasteiger partial charge is 0.508 e. The van der Waals surface area contributed by atoms with Gasteiger partial charge in [0.2, 0.25) is 11.8 Å². The minimum Gasteiger partial charge on any atom is -0.508 e. The number of hydrogen-bond acceptors (Lipinski definition) is 4.